The van der Waals surface area contributed by atoms with Gasteiger partial charge in [-0.15, -0.1) is 0 Å². The molecule has 0 saturated carbocycles. The molecule has 0 bridgehead atoms. The minimum absolute atomic E-state index is 0.327. The summed E-state index contributed by atoms with van der Waals surface area (Å²) in [5.41, 5.74) is 2.63. The van der Waals surface area contributed by atoms with E-state index >= 15 is 0 Å². The van der Waals surface area contributed by atoms with Crippen LogP contribution in [0.1, 0.15) is 48.2 Å². The number of hydrogen-bond donors (Lipinski definition) is 2. The fourth-order valence-corrected chi connectivity index (χ4v) is 4.33. The van der Waals surface area contributed by atoms with Gasteiger partial charge in [0.25, 0.3) is 0 Å². The SMILES string of the molecule is COc1ccc2c(c1)C(O)CC1(CCN(CC(O)c3ccc(C)cc3)CC1)O2. The van der Waals surface area contributed by atoms with Crippen LogP contribution in [0.5, 0.6) is 11.5 Å². The summed E-state index contributed by atoms with van der Waals surface area (Å²) in [6.45, 7) is 4.37. The lowest BCUT2D eigenvalue weighted by molar-refractivity contribution is -0.0588. The maximum atomic E-state index is 10.7. The van der Waals surface area contributed by atoms with Gasteiger partial charge in [-0.05, 0) is 43.5 Å². The van der Waals surface area contributed by atoms with Crippen LogP contribution >= 0.6 is 0 Å². The first-order chi connectivity index (χ1) is 13.5. The maximum Gasteiger partial charge on any atom is 0.126 e. The molecule has 4 rings (SSSR count). The van der Waals surface area contributed by atoms with Crippen LogP contribution in [0.4, 0.5) is 0 Å². The van der Waals surface area contributed by atoms with Gasteiger partial charge in [-0.1, -0.05) is 29.8 Å². The van der Waals surface area contributed by atoms with Crippen LogP contribution in [0.2, 0.25) is 0 Å². The summed E-state index contributed by atoms with van der Waals surface area (Å²) in [5.74, 6) is 1.49. The van der Waals surface area contributed by atoms with Gasteiger partial charge in [-0.2, -0.15) is 0 Å². The topological polar surface area (TPSA) is 62.2 Å². The van der Waals surface area contributed by atoms with Crippen molar-refractivity contribution >= 4 is 0 Å². The van der Waals surface area contributed by atoms with Crippen molar-refractivity contribution in [2.24, 2.45) is 0 Å². The minimum Gasteiger partial charge on any atom is -0.497 e. The molecule has 0 amide bonds. The lowest BCUT2D eigenvalue weighted by Gasteiger charge is -2.46. The van der Waals surface area contributed by atoms with Crippen LogP contribution in [0, 0.1) is 6.92 Å². The summed E-state index contributed by atoms with van der Waals surface area (Å²) < 4.78 is 11.6. The number of likely N-dealkylation sites (tertiary alicyclic amines) is 1. The van der Waals surface area contributed by atoms with Gasteiger partial charge in [-0.3, -0.25) is 0 Å². The number of fused-ring (bicyclic) bond motifs is 1. The Morgan fingerprint density at radius 1 is 1.18 bits per heavy atom. The van der Waals surface area contributed by atoms with Crippen molar-refractivity contribution < 1.29 is 19.7 Å². The molecule has 2 heterocycles. The van der Waals surface area contributed by atoms with Crippen molar-refractivity contribution in [1.82, 2.24) is 4.90 Å². The van der Waals surface area contributed by atoms with Gasteiger partial charge in [0, 0.05) is 31.6 Å². The number of piperidine rings is 1. The van der Waals surface area contributed by atoms with E-state index in [4.69, 9.17) is 9.47 Å². The van der Waals surface area contributed by atoms with Gasteiger partial charge in [0.05, 0.1) is 19.3 Å². The summed E-state index contributed by atoms with van der Waals surface area (Å²) >= 11 is 0. The average molecular weight is 383 g/mol. The molecule has 150 valence electrons. The third kappa shape index (κ3) is 3.88. The molecular weight excluding hydrogens is 354 g/mol. The van der Waals surface area contributed by atoms with Crippen LogP contribution in [-0.2, 0) is 0 Å². The van der Waals surface area contributed by atoms with E-state index < -0.39 is 12.2 Å². The zero-order chi connectivity index (χ0) is 19.7. The van der Waals surface area contributed by atoms with Crippen LogP contribution in [-0.4, -0.2) is 47.5 Å². The van der Waals surface area contributed by atoms with E-state index in [0.717, 1.165) is 48.6 Å². The number of rotatable bonds is 4. The smallest absolute Gasteiger partial charge is 0.126 e. The predicted molar refractivity (Wildman–Crippen MR) is 108 cm³/mol. The molecule has 2 aliphatic heterocycles. The molecule has 28 heavy (non-hydrogen) atoms. The van der Waals surface area contributed by atoms with Gasteiger partial charge in [0.15, 0.2) is 0 Å². The van der Waals surface area contributed by atoms with Crippen molar-refractivity contribution in [3.8, 4) is 11.5 Å². The number of β-amino-alcohol motifs (C(OH)–C–C–N with tert-alkyl or cyclic N) is 1. The lowest BCUT2D eigenvalue weighted by Crippen LogP contribution is -2.51. The van der Waals surface area contributed by atoms with Crippen LogP contribution < -0.4 is 9.47 Å². The summed E-state index contributed by atoms with van der Waals surface area (Å²) in [5, 5.41) is 21.3. The normalized spacial score (nSPS) is 22.4. The van der Waals surface area contributed by atoms with Crippen molar-refractivity contribution in [3.05, 3.63) is 59.2 Å². The van der Waals surface area contributed by atoms with Crippen molar-refractivity contribution in [3.63, 3.8) is 0 Å². The van der Waals surface area contributed by atoms with Gasteiger partial charge in [0.1, 0.15) is 17.1 Å². The molecule has 5 nitrogen and oxygen atoms in total. The largest absolute Gasteiger partial charge is 0.497 e. The zero-order valence-electron chi connectivity index (χ0n) is 16.6. The standard InChI is InChI=1S/C23H29NO4/c1-16-3-5-17(6-4-16)21(26)15-24-11-9-23(10-12-24)14-20(25)19-13-18(27-2)7-8-22(19)28-23/h3-8,13,20-21,25-26H,9-12,14-15H2,1-2H3. The van der Waals surface area contributed by atoms with Crippen molar-refractivity contribution in [2.75, 3.05) is 26.7 Å². The molecule has 2 unspecified atom stereocenters. The van der Waals surface area contributed by atoms with Gasteiger partial charge in [0.2, 0.25) is 0 Å². The molecule has 0 radical (unpaired) electrons. The van der Waals surface area contributed by atoms with E-state index in [1.54, 1.807) is 7.11 Å². The predicted octanol–water partition coefficient (Wildman–Crippen LogP) is 3.39. The lowest BCUT2D eigenvalue weighted by atomic mass is 9.81. The highest BCUT2D eigenvalue weighted by molar-refractivity contribution is 5.43. The van der Waals surface area contributed by atoms with E-state index in [0.29, 0.717) is 13.0 Å². The summed E-state index contributed by atoms with van der Waals surface area (Å²) in [6.07, 6.45) is 1.26. The molecule has 2 aliphatic rings. The van der Waals surface area contributed by atoms with Gasteiger partial charge >= 0.3 is 0 Å². The summed E-state index contributed by atoms with van der Waals surface area (Å²) in [6, 6.07) is 13.7. The number of benzene rings is 2. The van der Waals surface area contributed by atoms with E-state index in [1.807, 2.05) is 49.4 Å². The Morgan fingerprint density at radius 3 is 2.57 bits per heavy atom. The Morgan fingerprint density at radius 2 is 1.89 bits per heavy atom. The Bertz CT molecular complexity index is 812. The number of aryl methyl sites for hydroxylation is 1. The van der Waals surface area contributed by atoms with Crippen molar-refractivity contribution in [2.45, 2.75) is 44.0 Å². The third-order valence-corrected chi connectivity index (χ3v) is 6.13. The minimum atomic E-state index is -0.538. The molecule has 1 fully saturated rings. The van der Waals surface area contributed by atoms with Gasteiger partial charge in [-0.25, -0.2) is 0 Å². The Balaban J connectivity index is 1.39. The molecule has 0 aromatic heterocycles. The first-order valence-electron chi connectivity index (χ1n) is 10.00. The summed E-state index contributed by atoms with van der Waals surface area (Å²) in [4.78, 5) is 2.29. The number of nitrogens with zero attached hydrogens (tertiary/aromatic N) is 1. The van der Waals surface area contributed by atoms with E-state index in [1.165, 1.54) is 5.56 Å². The Hall–Kier alpha value is -2.08. The number of aliphatic hydroxyl groups is 2. The van der Waals surface area contributed by atoms with Crippen molar-refractivity contribution in [1.29, 1.82) is 0 Å². The van der Waals surface area contributed by atoms with Crippen LogP contribution in [0.15, 0.2) is 42.5 Å². The average Bonchev–Trinajstić information content (AvgIpc) is 2.70. The van der Waals surface area contributed by atoms with Crippen LogP contribution in [0.25, 0.3) is 0 Å². The van der Waals surface area contributed by atoms with Gasteiger partial charge < -0.3 is 24.6 Å². The fourth-order valence-electron chi connectivity index (χ4n) is 4.33. The number of hydrogen-bond acceptors (Lipinski definition) is 5. The molecular formula is C23H29NO4. The number of ether oxygens (including phenoxy) is 2. The van der Waals surface area contributed by atoms with E-state index in [9.17, 15) is 10.2 Å². The Labute approximate surface area is 166 Å². The highest BCUT2D eigenvalue weighted by atomic mass is 16.5. The van der Waals surface area contributed by atoms with Crippen LogP contribution in [0.3, 0.4) is 0 Å². The molecule has 2 aromatic rings. The first-order valence-corrected chi connectivity index (χ1v) is 10.00. The molecule has 2 aromatic carbocycles. The third-order valence-electron chi connectivity index (χ3n) is 6.13. The fraction of sp³-hybridized carbons (Fsp3) is 0.478. The number of methoxy groups -OCH3 is 1. The second-order valence-corrected chi connectivity index (χ2v) is 8.14. The molecule has 2 atom stereocenters. The highest BCUT2D eigenvalue weighted by Gasteiger charge is 2.43. The van der Waals surface area contributed by atoms with E-state index in [-0.39, 0.29) is 5.60 Å². The molecule has 5 heteroatoms. The molecule has 0 aliphatic carbocycles. The molecule has 2 N–H and O–H groups in total. The summed E-state index contributed by atoms with van der Waals surface area (Å²) in [7, 11) is 1.63. The maximum absolute atomic E-state index is 10.7. The molecule has 1 saturated heterocycles. The monoisotopic (exact) mass is 383 g/mol. The first kappa shape index (κ1) is 19.2. The zero-order valence-corrected chi connectivity index (χ0v) is 16.6. The quantitative estimate of drug-likeness (QED) is 0.847. The second-order valence-electron chi connectivity index (χ2n) is 8.14. The number of aliphatic hydroxyl groups excluding tert-OH is 2. The van der Waals surface area contributed by atoms with E-state index in [2.05, 4.69) is 4.90 Å². The Kier molecular flexibility index (Phi) is 5.32. The highest BCUT2D eigenvalue weighted by Crippen LogP contribution is 2.45. The second kappa shape index (κ2) is 7.74. The molecule has 1 spiro atoms.